The lowest BCUT2D eigenvalue weighted by Crippen LogP contribution is -2.05. The molecule has 2 aromatic carbocycles. The van der Waals surface area contributed by atoms with Crippen LogP contribution in [0.4, 0.5) is 0 Å². The molecule has 0 atom stereocenters. The van der Waals surface area contributed by atoms with Gasteiger partial charge in [-0.25, -0.2) is 4.79 Å². The Morgan fingerprint density at radius 3 is 2.05 bits per heavy atom. The van der Waals surface area contributed by atoms with Crippen molar-refractivity contribution in [3.8, 4) is 0 Å². The van der Waals surface area contributed by atoms with Crippen LogP contribution >= 0.6 is 0 Å². The first kappa shape index (κ1) is 18.2. The van der Waals surface area contributed by atoms with Gasteiger partial charge in [-0.3, -0.25) is 0 Å². The first-order valence-corrected chi connectivity index (χ1v) is 7.39. The van der Waals surface area contributed by atoms with Gasteiger partial charge >= 0.3 is 5.97 Å². The zero-order valence-electron chi connectivity index (χ0n) is 13.5. The summed E-state index contributed by atoms with van der Waals surface area (Å²) in [7, 11) is 0. The van der Waals surface area contributed by atoms with Crippen molar-refractivity contribution < 1.29 is 9.53 Å². The predicted octanol–water partition coefficient (Wildman–Crippen LogP) is 5.38. The highest BCUT2D eigenvalue weighted by molar-refractivity contribution is 6.05. The van der Waals surface area contributed by atoms with Gasteiger partial charge in [0.05, 0.1) is 12.2 Å². The average Bonchev–Trinajstić information content (AvgIpc) is 2.52. The fourth-order valence-corrected chi connectivity index (χ4v) is 1.84. The number of aryl methyl sites for hydroxylation is 1. The van der Waals surface area contributed by atoms with E-state index in [1.165, 1.54) is 5.56 Å². The van der Waals surface area contributed by atoms with Gasteiger partial charge < -0.3 is 4.74 Å². The summed E-state index contributed by atoms with van der Waals surface area (Å²) in [4.78, 5) is 11.7. The highest BCUT2D eigenvalue weighted by atomic mass is 16.5. The summed E-state index contributed by atoms with van der Waals surface area (Å²) in [6.45, 7) is 12.3. The second-order valence-corrected chi connectivity index (χ2v) is 3.70. The predicted molar refractivity (Wildman–Crippen MR) is 87.3 cm³/mol. The zero-order chi connectivity index (χ0) is 15.5. The minimum Gasteiger partial charge on any atom is -0.462 e. The van der Waals surface area contributed by atoms with Crippen molar-refractivity contribution in [3.05, 3.63) is 47.5 Å². The van der Waals surface area contributed by atoms with E-state index in [9.17, 15) is 4.79 Å². The Hall–Kier alpha value is -1.83. The molecule has 0 spiro atoms. The highest BCUT2D eigenvalue weighted by Crippen LogP contribution is 2.22. The zero-order valence-corrected chi connectivity index (χ0v) is 13.5. The van der Waals surface area contributed by atoms with Gasteiger partial charge in [0.15, 0.2) is 0 Å². The smallest absolute Gasteiger partial charge is 0.338 e. The van der Waals surface area contributed by atoms with Gasteiger partial charge in [-0.1, -0.05) is 58.0 Å². The molecule has 0 N–H and O–H groups in total. The Balaban J connectivity index is 0.000000829. The Morgan fingerprint density at radius 2 is 1.50 bits per heavy atom. The Kier molecular flexibility index (Phi) is 9.10. The summed E-state index contributed by atoms with van der Waals surface area (Å²) in [6, 6.07) is 11.7. The number of hydrogen-bond donors (Lipinski definition) is 0. The van der Waals surface area contributed by atoms with E-state index in [-0.39, 0.29) is 5.97 Å². The van der Waals surface area contributed by atoms with Crippen molar-refractivity contribution in [3.63, 3.8) is 0 Å². The Bertz CT molecular complexity index is 530. The number of carbonyl (C=O) groups excluding carboxylic acids is 1. The molecule has 20 heavy (non-hydrogen) atoms. The molecule has 0 saturated heterocycles. The van der Waals surface area contributed by atoms with Gasteiger partial charge in [0.1, 0.15) is 0 Å². The fraction of sp³-hybridized carbons (Fsp3) is 0.389. The van der Waals surface area contributed by atoms with Gasteiger partial charge in [-0.05, 0) is 36.2 Å². The van der Waals surface area contributed by atoms with Gasteiger partial charge in [0.2, 0.25) is 0 Å². The number of hydrogen-bond acceptors (Lipinski definition) is 2. The molecular weight excluding hydrogens is 248 g/mol. The quantitative estimate of drug-likeness (QED) is 0.687. The molecule has 0 unspecified atom stereocenters. The van der Waals surface area contributed by atoms with Gasteiger partial charge in [-0.15, -0.1) is 0 Å². The summed E-state index contributed by atoms with van der Waals surface area (Å²) in [5, 5.41) is 2.06. The molecule has 2 aromatic rings. The lowest BCUT2D eigenvalue weighted by atomic mass is 10.0. The van der Waals surface area contributed by atoms with Crippen LogP contribution in [0.1, 0.15) is 50.5 Å². The highest BCUT2D eigenvalue weighted by Gasteiger charge is 2.11. The summed E-state index contributed by atoms with van der Waals surface area (Å²) < 4.78 is 5.04. The molecule has 0 saturated carbocycles. The van der Waals surface area contributed by atoms with Crippen LogP contribution in [0.3, 0.4) is 0 Å². The number of rotatable bonds is 2. The van der Waals surface area contributed by atoms with Crippen molar-refractivity contribution >= 4 is 16.7 Å². The molecule has 0 aliphatic heterocycles. The summed E-state index contributed by atoms with van der Waals surface area (Å²) in [5.41, 5.74) is 1.81. The molecule has 0 bridgehead atoms. The van der Waals surface area contributed by atoms with Crippen LogP contribution in [-0.4, -0.2) is 12.6 Å². The number of fused-ring (bicyclic) bond motifs is 1. The van der Waals surface area contributed by atoms with Crippen molar-refractivity contribution in [2.24, 2.45) is 0 Å². The van der Waals surface area contributed by atoms with Crippen LogP contribution in [0.25, 0.3) is 10.8 Å². The molecule has 2 heteroatoms. The molecule has 0 aliphatic rings. The molecule has 0 fully saturated rings. The maximum atomic E-state index is 11.7. The first-order valence-electron chi connectivity index (χ1n) is 7.39. The number of ether oxygens (including phenoxy) is 1. The van der Waals surface area contributed by atoms with Crippen molar-refractivity contribution in [1.29, 1.82) is 0 Å². The Morgan fingerprint density at radius 1 is 0.950 bits per heavy atom. The van der Waals surface area contributed by atoms with E-state index in [1.807, 2.05) is 77.9 Å². The topological polar surface area (TPSA) is 26.3 Å². The molecule has 0 aromatic heterocycles. The molecule has 0 aliphatic carbocycles. The molecule has 2 nitrogen and oxygen atoms in total. The molecule has 0 heterocycles. The third-order valence-electron chi connectivity index (χ3n) is 2.64. The van der Waals surface area contributed by atoms with Crippen LogP contribution < -0.4 is 0 Å². The lowest BCUT2D eigenvalue weighted by molar-refractivity contribution is 0.0528. The van der Waals surface area contributed by atoms with Gasteiger partial charge in [0, 0.05) is 0 Å². The van der Waals surface area contributed by atoms with Crippen LogP contribution in [0.15, 0.2) is 36.4 Å². The maximum Gasteiger partial charge on any atom is 0.338 e. The van der Waals surface area contributed by atoms with Crippen LogP contribution in [0, 0.1) is 6.92 Å². The van der Waals surface area contributed by atoms with E-state index >= 15 is 0 Å². The SMILES string of the molecule is CC.CC.CCOC(=O)c1ccc(C)c2ccccc12. The lowest BCUT2D eigenvalue weighted by Gasteiger charge is -2.07. The van der Waals surface area contributed by atoms with Crippen molar-refractivity contribution in [2.75, 3.05) is 6.61 Å². The third-order valence-corrected chi connectivity index (χ3v) is 2.64. The fourth-order valence-electron chi connectivity index (χ4n) is 1.84. The molecule has 0 amide bonds. The standard InChI is InChI=1S/C14H14O2.2C2H6/c1-3-16-14(15)13-9-8-10(2)11-6-4-5-7-12(11)13;2*1-2/h4-9H,3H2,1-2H3;2*1-2H3. The number of carbonyl (C=O) groups is 1. The minimum absolute atomic E-state index is 0.251. The van der Waals surface area contributed by atoms with E-state index in [0.717, 1.165) is 10.8 Å². The molecular formula is C18H26O2. The third kappa shape index (κ3) is 4.37. The van der Waals surface area contributed by atoms with E-state index < -0.39 is 0 Å². The largest absolute Gasteiger partial charge is 0.462 e. The van der Waals surface area contributed by atoms with Crippen molar-refractivity contribution in [1.82, 2.24) is 0 Å². The monoisotopic (exact) mass is 274 g/mol. The summed E-state index contributed by atoms with van der Waals surface area (Å²) in [5.74, 6) is -0.251. The second-order valence-electron chi connectivity index (χ2n) is 3.70. The summed E-state index contributed by atoms with van der Waals surface area (Å²) >= 11 is 0. The van der Waals surface area contributed by atoms with Crippen LogP contribution in [0.2, 0.25) is 0 Å². The van der Waals surface area contributed by atoms with E-state index in [0.29, 0.717) is 12.2 Å². The van der Waals surface area contributed by atoms with E-state index in [1.54, 1.807) is 0 Å². The Labute approximate surface area is 122 Å². The van der Waals surface area contributed by atoms with Crippen LogP contribution in [0.5, 0.6) is 0 Å². The number of esters is 1. The molecule has 110 valence electrons. The number of benzene rings is 2. The normalized spacial score (nSPS) is 8.90. The summed E-state index contributed by atoms with van der Waals surface area (Å²) in [6.07, 6.45) is 0. The molecule has 2 rings (SSSR count). The van der Waals surface area contributed by atoms with Gasteiger partial charge in [-0.2, -0.15) is 0 Å². The average molecular weight is 274 g/mol. The van der Waals surface area contributed by atoms with E-state index in [2.05, 4.69) is 0 Å². The second kappa shape index (κ2) is 10.0. The van der Waals surface area contributed by atoms with Gasteiger partial charge in [0.25, 0.3) is 0 Å². The van der Waals surface area contributed by atoms with Crippen LogP contribution in [-0.2, 0) is 4.74 Å². The van der Waals surface area contributed by atoms with E-state index in [4.69, 9.17) is 4.74 Å². The first-order chi connectivity index (χ1) is 9.74. The van der Waals surface area contributed by atoms with Crippen molar-refractivity contribution in [2.45, 2.75) is 41.5 Å². The molecule has 0 radical (unpaired) electrons. The minimum atomic E-state index is -0.251. The maximum absolute atomic E-state index is 11.7.